The molecular formula is C14H21N. The lowest BCUT2D eigenvalue weighted by molar-refractivity contribution is 0.417. The Morgan fingerprint density at radius 1 is 1.27 bits per heavy atom. The van der Waals surface area contributed by atoms with Gasteiger partial charge >= 0.3 is 0 Å². The van der Waals surface area contributed by atoms with Crippen LogP contribution in [0.1, 0.15) is 42.7 Å². The number of hydrogen-bond donors (Lipinski definition) is 1. The van der Waals surface area contributed by atoms with E-state index in [1.54, 1.807) is 11.1 Å². The highest BCUT2D eigenvalue weighted by molar-refractivity contribution is 5.31. The van der Waals surface area contributed by atoms with Crippen molar-refractivity contribution in [3.8, 4) is 0 Å². The Labute approximate surface area is 92.9 Å². The summed E-state index contributed by atoms with van der Waals surface area (Å²) in [5, 5.41) is 3.21. The maximum absolute atomic E-state index is 3.21. The van der Waals surface area contributed by atoms with Gasteiger partial charge in [0.05, 0.1) is 0 Å². The molecule has 0 unspecified atom stereocenters. The van der Waals surface area contributed by atoms with Gasteiger partial charge in [-0.05, 0) is 56.3 Å². The zero-order chi connectivity index (χ0) is 10.5. The van der Waals surface area contributed by atoms with Gasteiger partial charge in [-0.15, -0.1) is 0 Å². The molecule has 0 aromatic heterocycles. The molecule has 0 radical (unpaired) electrons. The van der Waals surface area contributed by atoms with Crippen LogP contribution in [0.2, 0.25) is 0 Å². The van der Waals surface area contributed by atoms with E-state index >= 15 is 0 Å². The third-order valence-electron chi connectivity index (χ3n) is 3.47. The van der Waals surface area contributed by atoms with Crippen molar-refractivity contribution in [3.63, 3.8) is 0 Å². The topological polar surface area (TPSA) is 12.0 Å². The molecule has 1 N–H and O–H groups in total. The van der Waals surface area contributed by atoms with Gasteiger partial charge in [-0.1, -0.05) is 30.7 Å². The lowest BCUT2D eigenvalue weighted by Crippen LogP contribution is -2.13. The van der Waals surface area contributed by atoms with E-state index in [0.717, 1.165) is 12.5 Å². The van der Waals surface area contributed by atoms with E-state index in [-0.39, 0.29) is 0 Å². The minimum atomic E-state index is 0.871. The Bertz CT molecular complexity index is 302. The Morgan fingerprint density at radius 3 is 2.73 bits per heavy atom. The maximum atomic E-state index is 3.21. The van der Waals surface area contributed by atoms with Crippen molar-refractivity contribution in [2.24, 2.45) is 0 Å². The van der Waals surface area contributed by atoms with Crippen molar-refractivity contribution in [2.75, 3.05) is 13.6 Å². The van der Waals surface area contributed by atoms with E-state index < -0.39 is 0 Å². The molecule has 1 aliphatic carbocycles. The van der Waals surface area contributed by atoms with Crippen LogP contribution in [0.3, 0.4) is 0 Å². The quantitative estimate of drug-likeness (QED) is 0.725. The molecule has 15 heavy (non-hydrogen) atoms. The normalized spacial score (nSPS) is 16.3. The molecule has 2 rings (SSSR count). The van der Waals surface area contributed by atoms with Gasteiger partial charge in [0, 0.05) is 0 Å². The van der Waals surface area contributed by atoms with E-state index in [9.17, 15) is 0 Å². The maximum Gasteiger partial charge on any atom is -0.00488 e. The first-order valence-electron chi connectivity index (χ1n) is 6.14. The third kappa shape index (κ3) is 2.60. The molecule has 1 aliphatic rings. The Morgan fingerprint density at radius 2 is 2.07 bits per heavy atom. The summed E-state index contributed by atoms with van der Waals surface area (Å²) in [7, 11) is 2.03. The second kappa shape index (κ2) is 5.32. The average Bonchev–Trinajstić information content (AvgIpc) is 2.18. The fraction of sp³-hybridized carbons (Fsp3) is 0.571. The van der Waals surface area contributed by atoms with E-state index in [0.29, 0.717) is 0 Å². The minimum absolute atomic E-state index is 0.871. The first kappa shape index (κ1) is 10.7. The zero-order valence-corrected chi connectivity index (χ0v) is 9.63. The highest BCUT2D eigenvalue weighted by Gasteiger charge is 2.21. The van der Waals surface area contributed by atoms with Crippen LogP contribution in [0.5, 0.6) is 0 Å². The number of nitrogens with one attached hydrogen (secondary N) is 1. The van der Waals surface area contributed by atoms with Crippen LogP contribution in [0.4, 0.5) is 0 Å². The van der Waals surface area contributed by atoms with E-state index in [1.165, 1.54) is 32.1 Å². The minimum Gasteiger partial charge on any atom is -0.320 e. The molecule has 0 bridgehead atoms. The highest BCUT2D eigenvalue weighted by Crippen LogP contribution is 2.38. The van der Waals surface area contributed by atoms with Gasteiger partial charge in [0.1, 0.15) is 0 Å². The van der Waals surface area contributed by atoms with Crippen LogP contribution in [-0.2, 0) is 6.42 Å². The second-order valence-corrected chi connectivity index (χ2v) is 4.53. The van der Waals surface area contributed by atoms with Gasteiger partial charge in [-0.25, -0.2) is 0 Å². The molecule has 1 aromatic carbocycles. The average molecular weight is 203 g/mol. The predicted molar refractivity (Wildman–Crippen MR) is 65.3 cm³/mol. The lowest BCUT2D eigenvalue weighted by Gasteiger charge is -2.28. The highest BCUT2D eigenvalue weighted by atomic mass is 14.8. The molecule has 0 aliphatic heterocycles. The fourth-order valence-electron chi connectivity index (χ4n) is 2.34. The van der Waals surface area contributed by atoms with Crippen LogP contribution in [0, 0.1) is 0 Å². The molecule has 0 saturated heterocycles. The van der Waals surface area contributed by atoms with Gasteiger partial charge < -0.3 is 5.32 Å². The molecule has 1 nitrogen and oxygen atoms in total. The van der Waals surface area contributed by atoms with Crippen molar-refractivity contribution in [1.82, 2.24) is 5.32 Å². The lowest BCUT2D eigenvalue weighted by atomic mass is 9.77. The fourth-order valence-corrected chi connectivity index (χ4v) is 2.34. The van der Waals surface area contributed by atoms with Crippen molar-refractivity contribution < 1.29 is 0 Å². The number of hydrogen-bond acceptors (Lipinski definition) is 1. The van der Waals surface area contributed by atoms with Gasteiger partial charge in [-0.2, -0.15) is 0 Å². The van der Waals surface area contributed by atoms with E-state index in [1.807, 2.05) is 7.05 Å². The molecule has 1 saturated carbocycles. The third-order valence-corrected chi connectivity index (χ3v) is 3.47. The summed E-state index contributed by atoms with van der Waals surface area (Å²) in [5.74, 6) is 0.871. The SMILES string of the molecule is CNCCCc1ccccc1C1CCC1. The molecular weight excluding hydrogens is 182 g/mol. The first-order chi connectivity index (χ1) is 7.42. The van der Waals surface area contributed by atoms with Crippen molar-refractivity contribution >= 4 is 0 Å². The molecule has 1 aromatic rings. The van der Waals surface area contributed by atoms with Gasteiger partial charge in [-0.3, -0.25) is 0 Å². The molecule has 0 heterocycles. The summed E-state index contributed by atoms with van der Waals surface area (Å²) in [6.07, 6.45) is 6.72. The summed E-state index contributed by atoms with van der Waals surface area (Å²) in [4.78, 5) is 0. The smallest absolute Gasteiger partial charge is 0.00488 e. The molecule has 0 amide bonds. The predicted octanol–water partition coefficient (Wildman–Crippen LogP) is 3.11. The van der Waals surface area contributed by atoms with Gasteiger partial charge in [0.15, 0.2) is 0 Å². The van der Waals surface area contributed by atoms with E-state index in [4.69, 9.17) is 0 Å². The van der Waals surface area contributed by atoms with Gasteiger partial charge in [0.2, 0.25) is 0 Å². The summed E-state index contributed by atoms with van der Waals surface area (Å²) >= 11 is 0. The number of benzene rings is 1. The number of aryl methyl sites for hydroxylation is 1. The Kier molecular flexibility index (Phi) is 3.79. The Hall–Kier alpha value is -0.820. The van der Waals surface area contributed by atoms with Crippen LogP contribution in [-0.4, -0.2) is 13.6 Å². The number of rotatable bonds is 5. The summed E-state index contributed by atoms with van der Waals surface area (Å²) in [5.41, 5.74) is 3.21. The summed E-state index contributed by atoms with van der Waals surface area (Å²) < 4.78 is 0. The zero-order valence-electron chi connectivity index (χ0n) is 9.63. The van der Waals surface area contributed by atoms with E-state index in [2.05, 4.69) is 29.6 Å². The molecule has 0 spiro atoms. The standard InChI is InChI=1S/C14H21N/c1-15-11-5-9-12-6-2-3-10-14(12)13-7-4-8-13/h2-3,6,10,13,15H,4-5,7-9,11H2,1H3. The summed E-state index contributed by atoms with van der Waals surface area (Å²) in [6, 6.07) is 9.01. The summed E-state index contributed by atoms with van der Waals surface area (Å²) in [6.45, 7) is 1.12. The second-order valence-electron chi connectivity index (χ2n) is 4.53. The van der Waals surface area contributed by atoms with Crippen molar-refractivity contribution in [1.29, 1.82) is 0 Å². The van der Waals surface area contributed by atoms with Gasteiger partial charge in [0.25, 0.3) is 0 Å². The van der Waals surface area contributed by atoms with Crippen LogP contribution in [0.15, 0.2) is 24.3 Å². The molecule has 1 heteroatoms. The monoisotopic (exact) mass is 203 g/mol. The first-order valence-corrected chi connectivity index (χ1v) is 6.14. The molecule has 0 atom stereocenters. The Balaban J connectivity index is 2.01. The van der Waals surface area contributed by atoms with Crippen molar-refractivity contribution in [2.45, 2.75) is 38.0 Å². The molecule has 1 fully saturated rings. The van der Waals surface area contributed by atoms with Crippen molar-refractivity contribution in [3.05, 3.63) is 35.4 Å². The van der Waals surface area contributed by atoms with Crippen LogP contribution < -0.4 is 5.32 Å². The van der Waals surface area contributed by atoms with Crippen LogP contribution in [0.25, 0.3) is 0 Å². The van der Waals surface area contributed by atoms with Crippen LogP contribution >= 0.6 is 0 Å². The largest absolute Gasteiger partial charge is 0.320 e. The molecule has 82 valence electrons.